The van der Waals surface area contributed by atoms with Gasteiger partial charge in [0.15, 0.2) is 0 Å². The van der Waals surface area contributed by atoms with E-state index in [4.69, 9.17) is 4.98 Å². The average Bonchev–Trinajstić information content (AvgIpc) is 3.56. The van der Waals surface area contributed by atoms with E-state index in [0.29, 0.717) is 0 Å². The van der Waals surface area contributed by atoms with Crippen molar-refractivity contribution in [3.63, 3.8) is 0 Å². The minimum absolute atomic E-state index is 0. The molecule has 0 spiro atoms. The fraction of sp³-hybridized carbons (Fsp3) is 0.133. The molecule has 6 aromatic carbocycles. The molecule has 1 aliphatic carbocycles. The molecule has 48 heavy (non-hydrogen) atoms. The van der Waals surface area contributed by atoms with Crippen LogP contribution in [0.15, 0.2) is 128 Å². The van der Waals surface area contributed by atoms with Crippen molar-refractivity contribution >= 4 is 32.6 Å². The Hall–Kier alpha value is -4.82. The fourth-order valence-electron chi connectivity index (χ4n) is 8.86. The SMILES string of the molecule is CC1(C)c2ccccc2-c2ccc3c(c21)c1cc(-c2cc[c-]c(-c4nccc5ccccc45)c2)cc2c1n3-c1ccccc1C2(C)C.[Ir]. The normalized spacial score (nSPS) is 14.8. The summed E-state index contributed by atoms with van der Waals surface area (Å²) in [5, 5.41) is 5.03. The van der Waals surface area contributed by atoms with Crippen LogP contribution in [-0.2, 0) is 30.9 Å². The zero-order chi connectivity index (χ0) is 31.7. The van der Waals surface area contributed by atoms with Crippen LogP contribution in [-0.4, -0.2) is 9.55 Å². The van der Waals surface area contributed by atoms with E-state index in [1.54, 1.807) is 0 Å². The number of aromatic nitrogens is 2. The first-order valence-corrected chi connectivity index (χ1v) is 16.6. The predicted octanol–water partition coefficient (Wildman–Crippen LogP) is 11.4. The van der Waals surface area contributed by atoms with Gasteiger partial charge in [-0.3, -0.25) is 0 Å². The Balaban J connectivity index is 0.00000314. The van der Waals surface area contributed by atoms with Crippen LogP contribution in [0.1, 0.15) is 49.9 Å². The molecular formula is C45H33IrN2-. The molecule has 0 atom stereocenters. The van der Waals surface area contributed by atoms with Gasteiger partial charge in [-0.1, -0.05) is 100 Å². The van der Waals surface area contributed by atoms with Crippen molar-refractivity contribution in [2.45, 2.75) is 38.5 Å². The second kappa shape index (κ2) is 10.1. The summed E-state index contributed by atoms with van der Waals surface area (Å²) < 4.78 is 2.55. The first kappa shape index (κ1) is 29.3. The molecule has 3 heteroatoms. The number of fused-ring (bicyclic) bond motifs is 10. The van der Waals surface area contributed by atoms with Gasteiger partial charge >= 0.3 is 0 Å². The molecule has 0 N–H and O–H groups in total. The molecule has 2 aliphatic rings. The minimum Gasteiger partial charge on any atom is -0.309 e. The van der Waals surface area contributed by atoms with Crippen LogP contribution in [0.5, 0.6) is 0 Å². The Bertz CT molecular complexity index is 2630. The third-order valence-corrected chi connectivity index (χ3v) is 11.1. The Morgan fingerprint density at radius 3 is 2.27 bits per heavy atom. The summed E-state index contributed by atoms with van der Waals surface area (Å²) in [7, 11) is 0. The van der Waals surface area contributed by atoms with Gasteiger partial charge in [0, 0.05) is 47.9 Å². The summed E-state index contributed by atoms with van der Waals surface area (Å²) in [5.41, 5.74) is 16.2. The van der Waals surface area contributed by atoms with Gasteiger partial charge in [0.1, 0.15) is 0 Å². The van der Waals surface area contributed by atoms with Crippen LogP contribution in [0.3, 0.4) is 0 Å². The Labute approximate surface area is 294 Å². The van der Waals surface area contributed by atoms with Crippen LogP contribution in [0.2, 0.25) is 0 Å². The summed E-state index contributed by atoms with van der Waals surface area (Å²) in [6.07, 6.45) is 1.91. The van der Waals surface area contributed by atoms with Crippen molar-refractivity contribution in [1.29, 1.82) is 0 Å². The van der Waals surface area contributed by atoms with Gasteiger partial charge in [0.25, 0.3) is 0 Å². The number of hydrogen-bond donors (Lipinski definition) is 0. The van der Waals surface area contributed by atoms with Gasteiger partial charge < -0.3 is 9.55 Å². The number of benzene rings is 6. The summed E-state index contributed by atoms with van der Waals surface area (Å²) in [6.45, 7) is 9.58. The molecule has 0 bridgehead atoms. The van der Waals surface area contributed by atoms with Gasteiger partial charge in [0.2, 0.25) is 0 Å². The van der Waals surface area contributed by atoms with Crippen LogP contribution in [0.4, 0.5) is 0 Å². The van der Waals surface area contributed by atoms with Crippen molar-refractivity contribution in [3.05, 3.63) is 156 Å². The molecule has 0 saturated heterocycles. The molecule has 0 unspecified atom stereocenters. The first-order valence-electron chi connectivity index (χ1n) is 16.6. The van der Waals surface area contributed by atoms with Crippen molar-refractivity contribution in [1.82, 2.24) is 9.55 Å². The van der Waals surface area contributed by atoms with Gasteiger partial charge in [-0.15, -0.1) is 35.4 Å². The number of para-hydroxylation sites is 1. The summed E-state index contributed by atoms with van der Waals surface area (Å²) in [5.74, 6) is 0. The summed E-state index contributed by atoms with van der Waals surface area (Å²) >= 11 is 0. The number of hydrogen-bond acceptors (Lipinski definition) is 1. The molecule has 2 nitrogen and oxygen atoms in total. The van der Waals surface area contributed by atoms with E-state index in [-0.39, 0.29) is 30.9 Å². The fourth-order valence-corrected chi connectivity index (χ4v) is 8.86. The van der Waals surface area contributed by atoms with Gasteiger partial charge in [-0.2, -0.15) is 0 Å². The van der Waals surface area contributed by atoms with E-state index < -0.39 is 0 Å². The van der Waals surface area contributed by atoms with Gasteiger partial charge in [-0.25, -0.2) is 0 Å². The summed E-state index contributed by atoms with van der Waals surface area (Å²) in [4.78, 5) is 4.84. The Morgan fingerprint density at radius 1 is 0.625 bits per heavy atom. The molecule has 0 fully saturated rings. The maximum absolute atomic E-state index is 4.84. The minimum atomic E-state index is -0.183. The number of rotatable bonds is 2. The predicted molar refractivity (Wildman–Crippen MR) is 195 cm³/mol. The zero-order valence-electron chi connectivity index (χ0n) is 27.4. The van der Waals surface area contributed by atoms with E-state index in [2.05, 4.69) is 160 Å². The molecule has 1 aliphatic heterocycles. The van der Waals surface area contributed by atoms with Crippen LogP contribution in [0.25, 0.3) is 71.8 Å². The van der Waals surface area contributed by atoms with E-state index >= 15 is 0 Å². The standard InChI is InChI=1S/C45H33N2.Ir/c1-44(2)36-18-9-10-19-38(36)47-39-21-20-33-32-16-7-8-17-35(32)45(3,4)41(33)40(39)34-25-30(26-37(44)43(34)47)28-13-11-14-29(24-28)42-31-15-6-5-12-27(31)22-23-46-42;/h5-13,15-26H,1-4H3;/q-1;. The topological polar surface area (TPSA) is 17.8 Å². The van der Waals surface area contributed by atoms with Crippen molar-refractivity contribution in [2.24, 2.45) is 0 Å². The molecular weight excluding hydrogens is 761 g/mol. The molecule has 233 valence electrons. The van der Waals surface area contributed by atoms with E-state index in [1.165, 1.54) is 77.4 Å². The zero-order valence-corrected chi connectivity index (χ0v) is 29.7. The second-order valence-corrected chi connectivity index (χ2v) is 14.3. The monoisotopic (exact) mass is 794 g/mol. The van der Waals surface area contributed by atoms with Crippen molar-refractivity contribution in [3.8, 4) is 39.2 Å². The molecule has 8 aromatic rings. The third kappa shape index (κ3) is 3.75. The summed E-state index contributed by atoms with van der Waals surface area (Å²) in [6, 6.07) is 48.2. The maximum atomic E-state index is 4.84. The van der Waals surface area contributed by atoms with Crippen LogP contribution < -0.4 is 0 Å². The van der Waals surface area contributed by atoms with Crippen molar-refractivity contribution < 1.29 is 20.1 Å². The van der Waals surface area contributed by atoms with Crippen LogP contribution >= 0.6 is 0 Å². The quantitative estimate of drug-likeness (QED) is 0.159. The number of nitrogens with zero attached hydrogens (tertiary/aromatic N) is 2. The first-order chi connectivity index (χ1) is 22.8. The third-order valence-electron chi connectivity index (χ3n) is 11.1. The average molecular weight is 794 g/mol. The van der Waals surface area contributed by atoms with E-state index in [9.17, 15) is 0 Å². The smallest absolute Gasteiger partial charge is 0.0582 e. The molecule has 3 heterocycles. The Morgan fingerprint density at radius 2 is 1.40 bits per heavy atom. The molecule has 1 radical (unpaired) electrons. The van der Waals surface area contributed by atoms with E-state index in [1.807, 2.05) is 6.20 Å². The van der Waals surface area contributed by atoms with Crippen LogP contribution in [0, 0.1) is 6.07 Å². The van der Waals surface area contributed by atoms with Gasteiger partial charge in [0.05, 0.1) is 16.7 Å². The van der Waals surface area contributed by atoms with E-state index in [0.717, 1.165) is 16.6 Å². The Kier molecular flexibility index (Phi) is 6.17. The molecule has 10 rings (SSSR count). The largest absolute Gasteiger partial charge is 0.309 e. The second-order valence-electron chi connectivity index (χ2n) is 14.3. The maximum Gasteiger partial charge on any atom is 0.0582 e. The molecule has 0 amide bonds. The molecule has 2 aromatic heterocycles. The molecule has 0 saturated carbocycles. The van der Waals surface area contributed by atoms with Crippen molar-refractivity contribution in [2.75, 3.05) is 0 Å². The number of pyridine rings is 1. The van der Waals surface area contributed by atoms with Gasteiger partial charge in [-0.05, 0) is 85.7 Å².